The van der Waals surface area contributed by atoms with Crippen LogP contribution in [0.2, 0.25) is 5.02 Å². The standard InChI is InChI=1S/C34H40ClN3O5S/c1-22-6-4-15-34(19-36,42-3)29-11-8-25(29)18-38-20-33(14-5-7-24-16-26(35)9-12-28(24)33)21-43-31-13-10-27(17-30(31)38)44(40,41)37-32(39)23(22)2/h4,9-10,12-13,15-17,22-23,25,29H,5-8,11,14,18,20-21H2,1-3H3,(H,37,39)/b15-4+/t22-,23+,25-,29+,33-,34+/m0/s1. The van der Waals surface area contributed by atoms with Gasteiger partial charge >= 0.3 is 0 Å². The number of nitrogens with one attached hydrogen (secondary N) is 1. The molecule has 0 aromatic heterocycles. The summed E-state index contributed by atoms with van der Waals surface area (Å²) in [6.07, 6.45) is 8.90. The normalized spacial score (nSPS) is 33.8. The molecule has 6 atom stereocenters. The van der Waals surface area contributed by atoms with E-state index in [9.17, 15) is 18.5 Å². The first-order valence-electron chi connectivity index (χ1n) is 15.5. The summed E-state index contributed by atoms with van der Waals surface area (Å²) in [4.78, 5) is 15.4. The van der Waals surface area contributed by atoms with E-state index in [0.717, 1.165) is 32.1 Å². The van der Waals surface area contributed by atoms with E-state index < -0.39 is 27.4 Å². The molecule has 10 heteroatoms. The van der Waals surface area contributed by atoms with Gasteiger partial charge in [-0.3, -0.25) is 4.79 Å². The van der Waals surface area contributed by atoms with Crippen LogP contribution in [0.4, 0.5) is 5.69 Å². The Bertz CT molecular complexity index is 1640. The van der Waals surface area contributed by atoms with Crippen molar-refractivity contribution >= 4 is 33.2 Å². The minimum atomic E-state index is -4.13. The predicted molar refractivity (Wildman–Crippen MR) is 169 cm³/mol. The highest BCUT2D eigenvalue weighted by atomic mass is 35.5. The summed E-state index contributed by atoms with van der Waals surface area (Å²) in [5, 5.41) is 11.1. The van der Waals surface area contributed by atoms with Crippen molar-refractivity contribution in [3.63, 3.8) is 0 Å². The van der Waals surface area contributed by atoms with Crippen LogP contribution in [0.25, 0.3) is 0 Å². The third-order valence-electron chi connectivity index (χ3n) is 10.6. The predicted octanol–water partition coefficient (Wildman–Crippen LogP) is 5.79. The lowest BCUT2D eigenvalue weighted by molar-refractivity contribution is -0.124. The number of carbonyl (C=O) groups is 1. The van der Waals surface area contributed by atoms with Gasteiger partial charge in [-0.25, -0.2) is 13.1 Å². The van der Waals surface area contributed by atoms with Crippen molar-refractivity contribution in [3.8, 4) is 11.8 Å². The van der Waals surface area contributed by atoms with Crippen molar-refractivity contribution in [3.05, 3.63) is 64.7 Å². The summed E-state index contributed by atoms with van der Waals surface area (Å²) < 4.78 is 41.9. The first kappa shape index (κ1) is 30.9. The second-order valence-corrected chi connectivity index (χ2v) is 15.3. The molecular formula is C34H40ClN3O5S. The van der Waals surface area contributed by atoms with Crippen LogP contribution in [0.15, 0.2) is 53.4 Å². The molecule has 1 fully saturated rings. The zero-order valence-corrected chi connectivity index (χ0v) is 27.1. The second kappa shape index (κ2) is 11.7. The smallest absolute Gasteiger partial charge is 0.264 e. The number of sulfonamides is 1. The summed E-state index contributed by atoms with van der Waals surface area (Å²) in [6, 6.07) is 13.4. The Morgan fingerprint density at radius 1 is 1.18 bits per heavy atom. The summed E-state index contributed by atoms with van der Waals surface area (Å²) in [5.41, 5.74) is 1.69. The van der Waals surface area contributed by atoms with Gasteiger partial charge in [0.1, 0.15) is 11.8 Å². The Balaban J connectivity index is 1.47. The number of hydrogen-bond donors (Lipinski definition) is 1. The molecule has 8 nitrogen and oxygen atoms in total. The molecule has 4 aliphatic rings. The number of rotatable bonds is 1. The number of aryl methyl sites for hydroxylation is 1. The van der Waals surface area contributed by atoms with E-state index in [1.165, 1.54) is 17.2 Å². The van der Waals surface area contributed by atoms with Gasteiger partial charge in [0.2, 0.25) is 5.91 Å². The molecule has 2 aliphatic carbocycles. The molecule has 0 saturated heterocycles. The first-order valence-corrected chi connectivity index (χ1v) is 17.4. The van der Waals surface area contributed by atoms with Crippen LogP contribution < -0.4 is 14.4 Å². The van der Waals surface area contributed by atoms with E-state index in [1.807, 2.05) is 31.2 Å². The fourth-order valence-corrected chi connectivity index (χ4v) is 8.89. The molecule has 6 rings (SSSR count). The summed E-state index contributed by atoms with van der Waals surface area (Å²) in [7, 11) is -2.54. The van der Waals surface area contributed by atoms with Gasteiger partial charge in [0.15, 0.2) is 5.60 Å². The van der Waals surface area contributed by atoms with Crippen LogP contribution in [-0.4, -0.2) is 46.7 Å². The second-order valence-electron chi connectivity index (χ2n) is 13.2. The van der Waals surface area contributed by atoms with Crippen molar-refractivity contribution in [2.75, 3.05) is 31.7 Å². The minimum Gasteiger partial charge on any atom is -0.490 e. The number of nitriles is 1. The molecule has 0 unspecified atom stereocenters. The zero-order valence-electron chi connectivity index (χ0n) is 25.5. The number of anilines is 1. The van der Waals surface area contributed by atoms with Gasteiger partial charge in [0, 0.05) is 42.5 Å². The molecule has 1 amide bonds. The topological polar surface area (TPSA) is 109 Å². The number of allylic oxidation sites excluding steroid dienone is 1. The Labute approximate surface area is 265 Å². The van der Waals surface area contributed by atoms with Gasteiger partial charge < -0.3 is 14.4 Å². The maximum absolute atomic E-state index is 13.5. The van der Waals surface area contributed by atoms with Gasteiger partial charge in [-0.2, -0.15) is 5.26 Å². The third-order valence-corrected chi connectivity index (χ3v) is 12.2. The molecule has 0 radical (unpaired) electrons. The molecular weight excluding hydrogens is 598 g/mol. The highest BCUT2D eigenvalue weighted by molar-refractivity contribution is 7.90. The lowest BCUT2D eigenvalue weighted by Crippen LogP contribution is -2.52. The van der Waals surface area contributed by atoms with E-state index in [4.69, 9.17) is 21.1 Å². The maximum Gasteiger partial charge on any atom is 0.264 e. The number of hydrogen-bond acceptors (Lipinski definition) is 7. The van der Waals surface area contributed by atoms with E-state index >= 15 is 0 Å². The molecule has 2 heterocycles. The average molecular weight is 638 g/mol. The fraction of sp³-hybridized carbons (Fsp3) is 0.529. The van der Waals surface area contributed by atoms with Crippen molar-refractivity contribution in [1.29, 1.82) is 5.26 Å². The summed E-state index contributed by atoms with van der Waals surface area (Å²) in [5.74, 6) is -0.580. The Morgan fingerprint density at radius 2 is 2.00 bits per heavy atom. The van der Waals surface area contributed by atoms with Crippen LogP contribution in [-0.2, 0) is 31.4 Å². The fourth-order valence-electron chi connectivity index (χ4n) is 7.61. The number of benzene rings is 2. The lowest BCUT2D eigenvalue weighted by Gasteiger charge is -2.48. The lowest BCUT2D eigenvalue weighted by atomic mass is 9.64. The van der Waals surface area contributed by atoms with Crippen molar-refractivity contribution in [1.82, 2.24) is 4.72 Å². The van der Waals surface area contributed by atoms with Gasteiger partial charge in [-0.15, -0.1) is 0 Å². The van der Waals surface area contributed by atoms with Gasteiger partial charge in [-0.1, -0.05) is 37.6 Å². The van der Waals surface area contributed by atoms with Crippen LogP contribution in [0, 0.1) is 35.0 Å². The largest absolute Gasteiger partial charge is 0.490 e. The van der Waals surface area contributed by atoms with Crippen LogP contribution >= 0.6 is 11.6 Å². The van der Waals surface area contributed by atoms with Crippen molar-refractivity contribution in [2.45, 2.75) is 68.3 Å². The third kappa shape index (κ3) is 5.39. The van der Waals surface area contributed by atoms with Crippen molar-refractivity contribution < 1.29 is 22.7 Å². The van der Waals surface area contributed by atoms with Gasteiger partial charge in [0.25, 0.3) is 10.0 Å². The van der Waals surface area contributed by atoms with E-state index in [1.54, 1.807) is 26.2 Å². The quantitative estimate of drug-likeness (QED) is 0.395. The number of halogens is 1. The molecule has 2 aromatic rings. The van der Waals surface area contributed by atoms with Crippen LogP contribution in [0.5, 0.6) is 5.75 Å². The number of fused-ring (bicyclic) bond motifs is 4. The highest BCUT2D eigenvalue weighted by Gasteiger charge is 2.49. The number of carbonyl (C=O) groups excluding carboxylic acids is 1. The molecule has 2 aromatic carbocycles. The Morgan fingerprint density at radius 3 is 2.73 bits per heavy atom. The molecule has 1 spiro atoms. The molecule has 2 bridgehead atoms. The highest BCUT2D eigenvalue weighted by Crippen LogP contribution is 2.49. The van der Waals surface area contributed by atoms with E-state index in [-0.39, 0.29) is 28.1 Å². The molecule has 2 aliphatic heterocycles. The SMILES string of the molecule is CO[C@@]1(C#N)/C=C/C[C@H](C)[C@@H](C)C(=O)NS(=O)(=O)c2ccc3c(c2)N(C[C@@H]2CC[C@H]21)C[C@@]1(CCCc2cc(Cl)ccc21)CO3. The summed E-state index contributed by atoms with van der Waals surface area (Å²) in [6.45, 7) is 5.30. The minimum absolute atomic E-state index is 0.0187. The molecule has 234 valence electrons. The first-order chi connectivity index (χ1) is 21.0. The average Bonchev–Trinajstić information content (AvgIpc) is 3.14. The van der Waals surface area contributed by atoms with E-state index in [2.05, 4.69) is 21.8 Å². The number of amides is 1. The Kier molecular flexibility index (Phi) is 8.23. The molecule has 1 N–H and O–H groups in total. The number of methoxy groups -OCH3 is 1. The Hall–Kier alpha value is -3.06. The van der Waals surface area contributed by atoms with Gasteiger partial charge in [0.05, 0.1) is 17.2 Å². The number of ether oxygens (including phenoxy) is 2. The maximum atomic E-state index is 13.5. The zero-order chi connectivity index (χ0) is 31.3. The van der Waals surface area contributed by atoms with Gasteiger partial charge in [-0.05, 0) is 97.9 Å². The van der Waals surface area contributed by atoms with Crippen LogP contribution in [0.1, 0.15) is 57.1 Å². The van der Waals surface area contributed by atoms with Crippen LogP contribution in [0.3, 0.4) is 0 Å². The summed E-state index contributed by atoms with van der Waals surface area (Å²) >= 11 is 6.40. The molecule has 44 heavy (non-hydrogen) atoms. The van der Waals surface area contributed by atoms with E-state index in [0.29, 0.717) is 42.6 Å². The number of nitrogens with zero attached hydrogens (tertiary/aromatic N) is 2. The molecule has 1 saturated carbocycles. The monoisotopic (exact) mass is 637 g/mol. The van der Waals surface area contributed by atoms with Crippen molar-refractivity contribution in [2.24, 2.45) is 23.7 Å².